The fourth-order valence-electron chi connectivity index (χ4n) is 4.31. The van der Waals surface area contributed by atoms with Crippen molar-refractivity contribution in [1.29, 1.82) is 0 Å². The molecule has 4 heterocycles. The maximum atomic E-state index is 10.9. The first-order valence-electron chi connectivity index (χ1n) is 10.1. The van der Waals surface area contributed by atoms with Crippen molar-refractivity contribution < 1.29 is 9.52 Å². The van der Waals surface area contributed by atoms with Crippen molar-refractivity contribution in [2.45, 2.75) is 32.2 Å². The third-order valence-electron chi connectivity index (χ3n) is 5.75. The van der Waals surface area contributed by atoms with Gasteiger partial charge in [-0.15, -0.1) is 5.10 Å². The molecular weight excluding hydrogens is 384 g/mol. The molecule has 1 atom stereocenters. The van der Waals surface area contributed by atoms with E-state index in [4.69, 9.17) is 4.42 Å². The van der Waals surface area contributed by atoms with Gasteiger partial charge in [0.1, 0.15) is 17.6 Å². The maximum Gasteiger partial charge on any atom is 0.230 e. The number of benzene rings is 1. The zero-order valence-corrected chi connectivity index (χ0v) is 17.2. The number of thiazole rings is 1. The predicted molar refractivity (Wildman–Crippen MR) is 112 cm³/mol. The molecule has 0 amide bonds. The predicted octanol–water partition coefficient (Wildman–Crippen LogP) is 4.44. The summed E-state index contributed by atoms with van der Waals surface area (Å²) in [5.41, 5.74) is 1.41. The van der Waals surface area contributed by atoms with Gasteiger partial charge in [0.05, 0.1) is 11.1 Å². The lowest BCUT2D eigenvalue weighted by Crippen LogP contribution is -2.37. The number of fused-ring (bicyclic) bond motifs is 1. The summed E-state index contributed by atoms with van der Waals surface area (Å²) in [4.78, 5) is 8.40. The van der Waals surface area contributed by atoms with Crippen molar-refractivity contribution in [2.24, 2.45) is 5.92 Å². The van der Waals surface area contributed by atoms with Crippen LogP contribution >= 0.6 is 11.3 Å². The largest absolute Gasteiger partial charge is 0.492 e. The molecule has 1 saturated heterocycles. The first kappa shape index (κ1) is 18.4. The number of hydrogen-bond acceptors (Lipinski definition) is 6. The van der Waals surface area contributed by atoms with Crippen LogP contribution in [0.2, 0.25) is 0 Å². The van der Waals surface area contributed by atoms with E-state index in [1.54, 1.807) is 6.26 Å². The highest BCUT2D eigenvalue weighted by molar-refractivity contribution is 7.17. The van der Waals surface area contributed by atoms with Crippen LogP contribution < -0.4 is 0 Å². The smallest absolute Gasteiger partial charge is 0.230 e. The molecule has 0 unspecified atom stereocenters. The van der Waals surface area contributed by atoms with Crippen LogP contribution in [-0.4, -0.2) is 37.7 Å². The molecule has 3 aromatic heterocycles. The Bertz CT molecular complexity index is 1080. The van der Waals surface area contributed by atoms with Crippen LogP contribution in [0.5, 0.6) is 5.88 Å². The molecule has 0 aliphatic carbocycles. The highest BCUT2D eigenvalue weighted by atomic mass is 32.1. The van der Waals surface area contributed by atoms with E-state index >= 15 is 0 Å². The molecule has 1 N–H and O–H groups in total. The Balaban J connectivity index is 1.38. The van der Waals surface area contributed by atoms with E-state index in [1.165, 1.54) is 21.4 Å². The highest BCUT2D eigenvalue weighted by Gasteiger charge is 2.33. The Hall–Kier alpha value is -2.64. The number of hydrogen-bond donors (Lipinski definition) is 1. The summed E-state index contributed by atoms with van der Waals surface area (Å²) in [6, 6.07) is 14.5. The molecule has 7 heteroatoms. The number of aromatic hydroxyl groups is 1. The van der Waals surface area contributed by atoms with Crippen molar-refractivity contribution in [3.63, 3.8) is 0 Å². The summed E-state index contributed by atoms with van der Waals surface area (Å²) in [7, 11) is 0. The summed E-state index contributed by atoms with van der Waals surface area (Å²) < 4.78 is 7.32. The Morgan fingerprint density at radius 2 is 1.97 bits per heavy atom. The SMILES string of the molecule is Cc1nc2sc([C@@H](c3ccco3)N3CCC(Cc4ccccc4)CC3)c(O)n2n1. The number of rotatable bonds is 5. The van der Waals surface area contributed by atoms with E-state index in [1.807, 2.05) is 19.1 Å². The van der Waals surface area contributed by atoms with Crippen LogP contribution in [0.1, 0.15) is 40.9 Å². The summed E-state index contributed by atoms with van der Waals surface area (Å²) >= 11 is 1.49. The number of likely N-dealkylation sites (tertiary alicyclic amines) is 1. The molecule has 0 bridgehead atoms. The number of piperidine rings is 1. The van der Waals surface area contributed by atoms with Gasteiger partial charge < -0.3 is 9.52 Å². The van der Waals surface area contributed by atoms with E-state index in [9.17, 15) is 5.11 Å². The van der Waals surface area contributed by atoms with Crippen molar-refractivity contribution in [3.05, 3.63) is 70.8 Å². The minimum atomic E-state index is -0.114. The van der Waals surface area contributed by atoms with Crippen molar-refractivity contribution >= 4 is 16.3 Å². The van der Waals surface area contributed by atoms with Gasteiger partial charge in [-0.05, 0) is 62.9 Å². The molecule has 1 aliphatic heterocycles. The normalized spacial score (nSPS) is 17.1. The van der Waals surface area contributed by atoms with Gasteiger partial charge in [0.2, 0.25) is 10.8 Å². The lowest BCUT2D eigenvalue weighted by Gasteiger charge is -2.36. The van der Waals surface area contributed by atoms with E-state index < -0.39 is 0 Å². The number of aromatic nitrogens is 3. The van der Waals surface area contributed by atoms with Gasteiger partial charge >= 0.3 is 0 Å². The van der Waals surface area contributed by atoms with Crippen LogP contribution in [0, 0.1) is 12.8 Å². The standard InChI is InChI=1S/C22H24N4O2S/c1-15-23-22-26(24-15)21(27)20(29-22)19(18-8-5-13-28-18)25-11-9-17(10-12-25)14-16-6-3-2-4-7-16/h2-8,13,17,19,27H,9-12,14H2,1H3/t19-/m1/s1. The van der Waals surface area contributed by atoms with E-state index in [0.29, 0.717) is 16.7 Å². The van der Waals surface area contributed by atoms with Gasteiger partial charge in [0.15, 0.2) is 0 Å². The molecule has 0 radical (unpaired) electrons. The zero-order valence-electron chi connectivity index (χ0n) is 16.4. The van der Waals surface area contributed by atoms with Gasteiger partial charge in [-0.2, -0.15) is 4.52 Å². The summed E-state index contributed by atoms with van der Waals surface area (Å²) in [6.45, 7) is 3.77. The number of nitrogens with zero attached hydrogens (tertiary/aromatic N) is 4. The third-order valence-corrected chi connectivity index (χ3v) is 6.82. The average Bonchev–Trinajstić information content (AvgIpc) is 3.44. The van der Waals surface area contributed by atoms with Gasteiger partial charge in [0, 0.05) is 0 Å². The Morgan fingerprint density at radius 3 is 2.66 bits per heavy atom. The van der Waals surface area contributed by atoms with Gasteiger partial charge in [-0.3, -0.25) is 4.90 Å². The second-order valence-electron chi connectivity index (χ2n) is 7.73. The van der Waals surface area contributed by atoms with Crippen LogP contribution in [-0.2, 0) is 6.42 Å². The van der Waals surface area contributed by atoms with Crippen molar-refractivity contribution in [2.75, 3.05) is 13.1 Å². The van der Waals surface area contributed by atoms with E-state index in [0.717, 1.165) is 43.0 Å². The lowest BCUT2D eigenvalue weighted by atomic mass is 9.89. The molecule has 150 valence electrons. The lowest BCUT2D eigenvalue weighted by molar-refractivity contribution is 0.138. The first-order chi connectivity index (χ1) is 14.2. The van der Waals surface area contributed by atoms with Gasteiger partial charge in [0.25, 0.3) is 0 Å². The van der Waals surface area contributed by atoms with Crippen molar-refractivity contribution in [3.8, 4) is 5.88 Å². The average molecular weight is 409 g/mol. The first-order valence-corrected chi connectivity index (χ1v) is 10.9. The summed E-state index contributed by atoms with van der Waals surface area (Å²) in [5.74, 6) is 2.36. The fourth-order valence-corrected chi connectivity index (χ4v) is 5.45. The minimum absolute atomic E-state index is 0.114. The molecule has 1 aromatic carbocycles. The minimum Gasteiger partial charge on any atom is -0.492 e. The highest BCUT2D eigenvalue weighted by Crippen LogP contribution is 2.41. The second kappa shape index (κ2) is 7.65. The fraction of sp³-hybridized carbons (Fsp3) is 0.364. The van der Waals surface area contributed by atoms with E-state index in [-0.39, 0.29) is 11.9 Å². The van der Waals surface area contributed by atoms with E-state index in [2.05, 4.69) is 45.3 Å². The summed E-state index contributed by atoms with van der Waals surface area (Å²) in [5, 5.41) is 15.2. The molecule has 5 rings (SSSR count). The van der Waals surface area contributed by atoms with Crippen LogP contribution in [0.15, 0.2) is 53.1 Å². The Labute approximate surface area is 173 Å². The number of aryl methyl sites for hydroxylation is 1. The Morgan fingerprint density at radius 1 is 1.17 bits per heavy atom. The number of furan rings is 1. The van der Waals surface area contributed by atoms with Gasteiger partial charge in [-0.1, -0.05) is 41.7 Å². The van der Waals surface area contributed by atoms with Gasteiger partial charge in [-0.25, -0.2) is 4.98 Å². The quantitative estimate of drug-likeness (QED) is 0.529. The molecule has 6 nitrogen and oxygen atoms in total. The van der Waals surface area contributed by atoms with Crippen LogP contribution in [0.4, 0.5) is 0 Å². The molecule has 1 fully saturated rings. The molecule has 29 heavy (non-hydrogen) atoms. The topological polar surface area (TPSA) is 66.8 Å². The Kier molecular flexibility index (Phi) is 4.85. The van der Waals surface area contributed by atoms with Crippen LogP contribution in [0.3, 0.4) is 0 Å². The zero-order chi connectivity index (χ0) is 19.8. The molecule has 1 aliphatic rings. The maximum absolute atomic E-state index is 10.9. The third kappa shape index (κ3) is 3.56. The summed E-state index contributed by atoms with van der Waals surface area (Å²) in [6.07, 6.45) is 5.09. The molecule has 0 spiro atoms. The van der Waals surface area contributed by atoms with Crippen molar-refractivity contribution in [1.82, 2.24) is 19.5 Å². The monoisotopic (exact) mass is 408 g/mol. The van der Waals surface area contributed by atoms with Crippen LogP contribution in [0.25, 0.3) is 4.96 Å². The molecular formula is C22H24N4O2S. The molecule has 0 saturated carbocycles. The molecule has 4 aromatic rings. The second-order valence-corrected chi connectivity index (χ2v) is 8.74.